The summed E-state index contributed by atoms with van der Waals surface area (Å²) >= 11 is 0. The topological polar surface area (TPSA) is 35.2 Å². The van der Waals surface area contributed by atoms with Crippen molar-refractivity contribution < 1.29 is 4.74 Å². The normalized spacial score (nSPS) is 10.3. The number of aryl methyl sites for hydroxylation is 2. The molecule has 0 radical (unpaired) electrons. The number of para-hydroxylation sites is 1. The highest BCUT2D eigenvalue weighted by atomic mass is 16.5. The lowest BCUT2D eigenvalue weighted by Gasteiger charge is -2.14. The second kappa shape index (κ2) is 4.50. The molecular formula is C15H17NO. The molecule has 0 unspecified atom stereocenters. The Balaban J connectivity index is 2.71. The van der Waals surface area contributed by atoms with Crippen LogP contribution in [-0.4, -0.2) is 7.11 Å². The van der Waals surface area contributed by atoms with Gasteiger partial charge in [0.1, 0.15) is 5.75 Å². The molecule has 0 aliphatic rings. The van der Waals surface area contributed by atoms with Gasteiger partial charge in [0, 0.05) is 16.8 Å². The quantitative estimate of drug-likeness (QED) is 0.796. The van der Waals surface area contributed by atoms with E-state index in [1.807, 2.05) is 30.3 Å². The second-order valence-electron chi connectivity index (χ2n) is 4.25. The first-order valence-corrected chi connectivity index (χ1v) is 5.63. The highest BCUT2D eigenvalue weighted by molar-refractivity contribution is 5.82. The van der Waals surface area contributed by atoms with Gasteiger partial charge in [-0.3, -0.25) is 0 Å². The summed E-state index contributed by atoms with van der Waals surface area (Å²) in [7, 11) is 1.69. The van der Waals surface area contributed by atoms with Crippen LogP contribution >= 0.6 is 0 Å². The fourth-order valence-electron chi connectivity index (χ4n) is 2.16. The maximum atomic E-state index is 6.03. The van der Waals surface area contributed by atoms with E-state index in [1.54, 1.807) is 7.11 Å². The molecule has 2 aromatic carbocycles. The van der Waals surface area contributed by atoms with E-state index in [0.29, 0.717) is 0 Å². The van der Waals surface area contributed by atoms with Crippen LogP contribution in [0.25, 0.3) is 11.1 Å². The summed E-state index contributed by atoms with van der Waals surface area (Å²) in [6, 6.07) is 12.0. The molecule has 2 N–H and O–H groups in total. The zero-order valence-corrected chi connectivity index (χ0v) is 10.4. The van der Waals surface area contributed by atoms with Crippen LogP contribution in [0.5, 0.6) is 5.75 Å². The molecule has 0 fully saturated rings. The van der Waals surface area contributed by atoms with Crippen molar-refractivity contribution in [1.29, 1.82) is 0 Å². The Morgan fingerprint density at radius 3 is 2.41 bits per heavy atom. The van der Waals surface area contributed by atoms with Crippen molar-refractivity contribution in [3.05, 3.63) is 47.5 Å². The van der Waals surface area contributed by atoms with Gasteiger partial charge in [-0.05, 0) is 37.1 Å². The summed E-state index contributed by atoms with van der Waals surface area (Å²) < 4.78 is 5.46. The van der Waals surface area contributed by atoms with Crippen LogP contribution in [0.15, 0.2) is 36.4 Å². The van der Waals surface area contributed by atoms with Gasteiger partial charge >= 0.3 is 0 Å². The molecule has 2 rings (SSSR count). The fourth-order valence-corrected chi connectivity index (χ4v) is 2.16. The molecule has 0 aromatic heterocycles. The Bertz CT molecular complexity index is 547. The lowest BCUT2D eigenvalue weighted by atomic mass is 9.96. The van der Waals surface area contributed by atoms with Crippen molar-refractivity contribution in [2.75, 3.05) is 12.8 Å². The molecule has 2 aromatic rings. The van der Waals surface area contributed by atoms with Crippen molar-refractivity contribution in [1.82, 2.24) is 0 Å². The van der Waals surface area contributed by atoms with Crippen LogP contribution in [0, 0.1) is 13.8 Å². The molecule has 0 amide bonds. The Morgan fingerprint density at radius 1 is 1.06 bits per heavy atom. The second-order valence-corrected chi connectivity index (χ2v) is 4.25. The number of hydrogen-bond donors (Lipinski definition) is 1. The molecule has 0 bridgehead atoms. The largest absolute Gasteiger partial charge is 0.496 e. The van der Waals surface area contributed by atoms with E-state index in [0.717, 1.165) is 22.6 Å². The number of ether oxygens (including phenoxy) is 1. The molecule has 0 saturated heterocycles. The summed E-state index contributed by atoms with van der Waals surface area (Å²) in [4.78, 5) is 0. The molecule has 0 aliphatic carbocycles. The van der Waals surface area contributed by atoms with Gasteiger partial charge in [0.15, 0.2) is 0 Å². The molecule has 0 heterocycles. The van der Waals surface area contributed by atoms with Gasteiger partial charge in [-0.2, -0.15) is 0 Å². The monoisotopic (exact) mass is 227 g/mol. The van der Waals surface area contributed by atoms with Gasteiger partial charge in [0.25, 0.3) is 0 Å². The van der Waals surface area contributed by atoms with E-state index < -0.39 is 0 Å². The summed E-state index contributed by atoms with van der Waals surface area (Å²) in [5.41, 5.74) is 11.3. The zero-order chi connectivity index (χ0) is 12.4. The van der Waals surface area contributed by atoms with E-state index in [-0.39, 0.29) is 0 Å². The van der Waals surface area contributed by atoms with Gasteiger partial charge < -0.3 is 10.5 Å². The molecule has 2 nitrogen and oxygen atoms in total. The Morgan fingerprint density at radius 2 is 1.76 bits per heavy atom. The van der Waals surface area contributed by atoms with Crippen molar-refractivity contribution in [3.63, 3.8) is 0 Å². The standard InChI is InChI=1S/C15H17NO/c1-10-8-11(2)15(14(9-10)17-3)12-6-4-5-7-13(12)16/h4-9H,16H2,1-3H3. The molecule has 17 heavy (non-hydrogen) atoms. The Hall–Kier alpha value is -1.96. The minimum absolute atomic E-state index is 0.776. The first-order chi connectivity index (χ1) is 8.13. The van der Waals surface area contributed by atoms with E-state index in [1.165, 1.54) is 11.1 Å². The number of nitrogen functional groups attached to an aromatic ring is 1. The summed E-state index contributed by atoms with van der Waals surface area (Å²) in [5, 5.41) is 0. The molecule has 2 heteroatoms. The number of rotatable bonds is 2. The maximum Gasteiger partial charge on any atom is 0.127 e. The third-order valence-electron chi connectivity index (χ3n) is 2.89. The van der Waals surface area contributed by atoms with Crippen molar-refractivity contribution >= 4 is 5.69 Å². The predicted octanol–water partition coefficient (Wildman–Crippen LogP) is 3.56. The van der Waals surface area contributed by atoms with Crippen LogP contribution in [0.3, 0.4) is 0 Å². The minimum atomic E-state index is 0.776. The van der Waals surface area contributed by atoms with Crippen LogP contribution in [-0.2, 0) is 0 Å². The van der Waals surface area contributed by atoms with E-state index >= 15 is 0 Å². The van der Waals surface area contributed by atoms with Crippen molar-refractivity contribution in [2.24, 2.45) is 0 Å². The molecule has 88 valence electrons. The lowest BCUT2D eigenvalue weighted by Crippen LogP contribution is -1.96. The smallest absolute Gasteiger partial charge is 0.127 e. The van der Waals surface area contributed by atoms with Crippen molar-refractivity contribution in [2.45, 2.75) is 13.8 Å². The highest BCUT2D eigenvalue weighted by Gasteiger charge is 2.12. The maximum absolute atomic E-state index is 6.03. The van der Waals surface area contributed by atoms with Gasteiger partial charge in [0.05, 0.1) is 7.11 Å². The number of benzene rings is 2. The molecule has 0 spiro atoms. The average molecular weight is 227 g/mol. The average Bonchev–Trinajstić information content (AvgIpc) is 2.29. The zero-order valence-electron chi connectivity index (χ0n) is 10.4. The number of anilines is 1. The lowest BCUT2D eigenvalue weighted by molar-refractivity contribution is 0.416. The Kier molecular flexibility index (Phi) is 3.05. The van der Waals surface area contributed by atoms with Crippen molar-refractivity contribution in [3.8, 4) is 16.9 Å². The summed E-state index contributed by atoms with van der Waals surface area (Å²) in [6.45, 7) is 4.14. The van der Waals surface area contributed by atoms with Gasteiger partial charge in [-0.25, -0.2) is 0 Å². The first kappa shape index (κ1) is 11.5. The molecule has 0 aliphatic heterocycles. The molecular weight excluding hydrogens is 210 g/mol. The fraction of sp³-hybridized carbons (Fsp3) is 0.200. The van der Waals surface area contributed by atoms with Crippen LogP contribution in [0.2, 0.25) is 0 Å². The Labute approximate surface area is 102 Å². The number of nitrogens with two attached hydrogens (primary N) is 1. The third kappa shape index (κ3) is 2.11. The van der Waals surface area contributed by atoms with E-state index in [4.69, 9.17) is 10.5 Å². The molecule has 0 saturated carbocycles. The highest BCUT2D eigenvalue weighted by Crippen LogP contribution is 2.37. The minimum Gasteiger partial charge on any atom is -0.496 e. The van der Waals surface area contributed by atoms with Crippen LogP contribution in [0.1, 0.15) is 11.1 Å². The van der Waals surface area contributed by atoms with E-state index in [2.05, 4.69) is 19.9 Å². The number of hydrogen-bond acceptors (Lipinski definition) is 2. The van der Waals surface area contributed by atoms with Crippen LogP contribution in [0.4, 0.5) is 5.69 Å². The predicted molar refractivity (Wildman–Crippen MR) is 72.3 cm³/mol. The van der Waals surface area contributed by atoms with Gasteiger partial charge in [-0.1, -0.05) is 24.3 Å². The SMILES string of the molecule is COc1cc(C)cc(C)c1-c1ccccc1N. The number of methoxy groups -OCH3 is 1. The van der Waals surface area contributed by atoms with Gasteiger partial charge in [0.2, 0.25) is 0 Å². The summed E-state index contributed by atoms with van der Waals surface area (Å²) in [5.74, 6) is 0.875. The van der Waals surface area contributed by atoms with Gasteiger partial charge in [-0.15, -0.1) is 0 Å². The van der Waals surface area contributed by atoms with E-state index in [9.17, 15) is 0 Å². The third-order valence-corrected chi connectivity index (χ3v) is 2.89. The van der Waals surface area contributed by atoms with Crippen LogP contribution < -0.4 is 10.5 Å². The summed E-state index contributed by atoms with van der Waals surface area (Å²) in [6.07, 6.45) is 0. The first-order valence-electron chi connectivity index (χ1n) is 5.63. The molecule has 0 atom stereocenters.